The third-order valence-electron chi connectivity index (χ3n) is 5.66. The average molecular weight is 607 g/mol. The number of likely N-dealkylation sites (N-methyl/N-ethyl adjacent to an activating group) is 1. The highest BCUT2D eigenvalue weighted by atomic mass is 79.9. The Kier molecular flexibility index (Phi) is 10.1. The molecule has 37 heavy (non-hydrogen) atoms. The first-order chi connectivity index (χ1) is 17.6. The van der Waals surface area contributed by atoms with E-state index in [0.29, 0.717) is 17.3 Å². The highest BCUT2D eigenvalue weighted by Gasteiger charge is 2.32. The fourth-order valence-electron chi connectivity index (χ4n) is 3.90. The molecule has 0 fully saturated rings. The zero-order valence-corrected chi connectivity index (χ0v) is 23.8. The maximum atomic E-state index is 13.9. The molecular weight excluding hydrogens is 578 g/mol. The Bertz CT molecular complexity index is 1320. The summed E-state index contributed by atoms with van der Waals surface area (Å²) in [5, 5.41) is 3.32. The van der Waals surface area contributed by atoms with Crippen LogP contribution in [-0.4, -0.2) is 50.5 Å². The topological polar surface area (TPSA) is 86.8 Å². The molecule has 1 unspecified atom stereocenters. The zero-order chi connectivity index (χ0) is 27.0. The number of anilines is 1. The third-order valence-corrected chi connectivity index (χ3v) is 7.56. The van der Waals surface area contributed by atoms with E-state index in [1.807, 2.05) is 36.4 Å². The molecule has 196 valence electrons. The fraction of sp³-hybridized carbons (Fsp3) is 0.259. The number of amides is 2. The van der Waals surface area contributed by atoms with Crippen LogP contribution in [0.3, 0.4) is 0 Å². The van der Waals surface area contributed by atoms with Crippen LogP contribution in [0.1, 0.15) is 18.1 Å². The number of rotatable bonds is 11. The maximum absolute atomic E-state index is 13.9. The minimum atomic E-state index is -3.81. The Morgan fingerprint density at radius 3 is 2.22 bits per heavy atom. The summed E-state index contributed by atoms with van der Waals surface area (Å²) in [4.78, 5) is 28.6. The van der Waals surface area contributed by atoms with E-state index in [4.69, 9.17) is 11.6 Å². The second kappa shape index (κ2) is 13.1. The van der Waals surface area contributed by atoms with E-state index in [0.717, 1.165) is 26.2 Å². The second-order valence-corrected chi connectivity index (χ2v) is 11.8. The van der Waals surface area contributed by atoms with Crippen LogP contribution in [0.25, 0.3) is 0 Å². The summed E-state index contributed by atoms with van der Waals surface area (Å²) in [6, 6.07) is 22.2. The van der Waals surface area contributed by atoms with Crippen LogP contribution in [0.2, 0.25) is 5.02 Å². The lowest BCUT2D eigenvalue weighted by molar-refractivity contribution is -0.140. The van der Waals surface area contributed by atoms with Crippen molar-refractivity contribution in [3.8, 4) is 0 Å². The van der Waals surface area contributed by atoms with Gasteiger partial charge in [0, 0.05) is 29.0 Å². The van der Waals surface area contributed by atoms with Crippen LogP contribution in [0.5, 0.6) is 0 Å². The predicted molar refractivity (Wildman–Crippen MR) is 151 cm³/mol. The van der Waals surface area contributed by atoms with Crippen LogP contribution in [0.15, 0.2) is 83.3 Å². The second-order valence-electron chi connectivity index (χ2n) is 8.50. The Balaban J connectivity index is 2.03. The molecule has 0 bridgehead atoms. The molecule has 3 aromatic rings. The van der Waals surface area contributed by atoms with E-state index in [2.05, 4.69) is 21.2 Å². The number of hydrogen-bond donors (Lipinski definition) is 1. The van der Waals surface area contributed by atoms with Gasteiger partial charge in [0.1, 0.15) is 12.6 Å². The van der Waals surface area contributed by atoms with Gasteiger partial charge in [-0.1, -0.05) is 70.0 Å². The summed E-state index contributed by atoms with van der Waals surface area (Å²) in [6.07, 6.45) is 1.31. The third kappa shape index (κ3) is 8.31. The fourth-order valence-corrected chi connectivity index (χ4v) is 5.23. The van der Waals surface area contributed by atoms with Crippen molar-refractivity contribution >= 4 is 55.1 Å². The lowest BCUT2D eigenvalue weighted by atomic mass is 10.0. The van der Waals surface area contributed by atoms with Crippen LogP contribution in [-0.2, 0) is 32.6 Å². The first kappa shape index (κ1) is 28.7. The first-order valence-corrected chi connectivity index (χ1v) is 14.7. The molecule has 3 rings (SSSR count). The van der Waals surface area contributed by atoms with Crippen LogP contribution in [0.4, 0.5) is 5.69 Å². The summed E-state index contributed by atoms with van der Waals surface area (Å²) in [5.41, 5.74) is 1.94. The monoisotopic (exact) mass is 605 g/mol. The van der Waals surface area contributed by atoms with Crippen molar-refractivity contribution < 1.29 is 18.0 Å². The van der Waals surface area contributed by atoms with E-state index in [1.165, 1.54) is 4.90 Å². The zero-order valence-electron chi connectivity index (χ0n) is 20.6. The molecule has 0 aliphatic carbocycles. The van der Waals surface area contributed by atoms with Crippen molar-refractivity contribution in [2.24, 2.45) is 0 Å². The number of sulfonamides is 1. The van der Waals surface area contributed by atoms with E-state index in [9.17, 15) is 18.0 Å². The van der Waals surface area contributed by atoms with Gasteiger partial charge >= 0.3 is 0 Å². The Morgan fingerprint density at radius 1 is 0.973 bits per heavy atom. The number of hydrogen-bond acceptors (Lipinski definition) is 4. The smallest absolute Gasteiger partial charge is 0.244 e. The van der Waals surface area contributed by atoms with Crippen LogP contribution >= 0.6 is 27.5 Å². The number of benzene rings is 3. The van der Waals surface area contributed by atoms with Crippen LogP contribution in [0, 0.1) is 0 Å². The summed E-state index contributed by atoms with van der Waals surface area (Å²) in [6.45, 7) is 1.80. The number of halogens is 2. The molecule has 0 saturated heterocycles. The largest absolute Gasteiger partial charge is 0.355 e. The first-order valence-electron chi connectivity index (χ1n) is 11.7. The molecule has 2 amide bonds. The molecule has 0 aliphatic heterocycles. The molecular formula is C27H29BrClN3O4S. The summed E-state index contributed by atoms with van der Waals surface area (Å²) in [7, 11) is -3.81. The minimum Gasteiger partial charge on any atom is -0.355 e. The molecule has 10 heteroatoms. The SMILES string of the molecule is CCNC(=O)C(Cc1ccccc1)N(Cc1cccc(Cl)c1)C(=O)CN(c1ccc(Br)cc1)S(C)(=O)=O. The van der Waals surface area contributed by atoms with E-state index in [1.54, 1.807) is 49.4 Å². The summed E-state index contributed by atoms with van der Waals surface area (Å²) < 4.78 is 27.3. The van der Waals surface area contributed by atoms with Crippen LogP contribution < -0.4 is 9.62 Å². The van der Waals surface area contributed by atoms with Crippen molar-refractivity contribution in [1.82, 2.24) is 10.2 Å². The van der Waals surface area contributed by atoms with E-state index >= 15 is 0 Å². The molecule has 1 N–H and O–H groups in total. The highest BCUT2D eigenvalue weighted by molar-refractivity contribution is 9.10. The van der Waals surface area contributed by atoms with Gasteiger partial charge < -0.3 is 10.2 Å². The summed E-state index contributed by atoms with van der Waals surface area (Å²) in [5.74, 6) is -0.836. The standard InChI is InChI=1S/C27H29BrClN3O4S/c1-3-30-27(34)25(17-20-8-5-4-6-9-20)31(18-21-10-7-11-23(29)16-21)26(33)19-32(37(2,35)36)24-14-12-22(28)13-15-24/h4-16,25H,3,17-19H2,1-2H3,(H,30,34). The van der Waals surface area contributed by atoms with Crippen molar-refractivity contribution in [3.05, 3.63) is 99.5 Å². The van der Waals surface area contributed by atoms with E-state index in [-0.39, 0.29) is 18.9 Å². The average Bonchev–Trinajstić information content (AvgIpc) is 2.85. The molecule has 0 aliphatic rings. The van der Waals surface area contributed by atoms with Gasteiger partial charge in [-0.05, 0) is 54.4 Å². The number of nitrogens with zero attached hydrogens (tertiary/aromatic N) is 2. The van der Waals surface area contributed by atoms with Gasteiger partial charge in [0.05, 0.1) is 11.9 Å². The quantitative estimate of drug-likeness (QED) is 0.345. The maximum Gasteiger partial charge on any atom is 0.244 e. The van der Waals surface area contributed by atoms with Gasteiger partial charge in [-0.3, -0.25) is 13.9 Å². The van der Waals surface area contributed by atoms with Gasteiger partial charge in [-0.25, -0.2) is 8.42 Å². The van der Waals surface area contributed by atoms with E-state index < -0.39 is 28.5 Å². The minimum absolute atomic E-state index is 0.0754. The molecule has 0 heterocycles. The lowest BCUT2D eigenvalue weighted by Gasteiger charge is -2.33. The molecule has 0 saturated carbocycles. The number of nitrogens with one attached hydrogen (secondary N) is 1. The van der Waals surface area contributed by atoms with Crippen molar-refractivity contribution in [1.29, 1.82) is 0 Å². The van der Waals surface area contributed by atoms with Crippen molar-refractivity contribution in [3.63, 3.8) is 0 Å². The Hall–Kier alpha value is -2.88. The molecule has 1 atom stereocenters. The Labute approximate surface area is 231 Å². The number of carbonyl (C=O) groups is 2. The summed E-state index contributed by atoms with van der Waals surface area (Å²) >= 11 is 9.54. The number of carbonyl (C=O) groups excluding carboxylic acids is 2. The highest BCUT2D eigenvalue weighted by Crippen LogP contribution is 2.23. The molecule has 0 aromatic heterocycles. The molecule has 0 radical (unpaired) electrons. The van der Waals surface area contributed by atoms with Gasteiger partial charge in [0.15, 0.2) is 0 Å². The predicted octanol–water partition coefficient (Wildman–Crippen LogP) is 4.64. The molecule has 0 spiro atoms. The normalized spacial score (nSPS) is 12.0. The van der Waals surface area contributed by atoms with Gasteiger partial charge in [-0.15, -0.1) is 0 Å². The molecule has 7 nitrogen and oxygen atoms in total. The van der Waals surface area contributed by atoms with Gasteiger partial charge in [-0.2, -0.15) is 0 Å². The lowest BCUT2D eigenvalue weighted by Crippen LogP contribution is -2.53. The van der Waals surface area contributed by atoms with Crippen molar-refractivity contribution in [2.45, 2.75) is 25.9 Å². The van der Waals surface area contributed by atoms with Crippen molar-refractivity contribution in [2.75, 3.05) is 23.7 Å². The Morgan fingerprint density at radius 2 is 1.62 bits per heavy atom. The van der Waals surface area contributed by atoms with Gasteiger partial charge in [0.2, 0.25) is 21.8 Å². The van der Waals surface area contributed by atoms with Gasteiger partial charge in [0.25, 0.3) is 0 Å². The molecule has 3 aromatic carbocycles.